The zero-order chi connectivity index (χ0) is 13.5. The molecule has 0 saturated heterocycles. The molecule has 0 bridgehead atoms. The Morgan fingerprint density at radius 3 is 2.95 bits per heavy atom. The number of aromatic nitrogens is 2. The molecule has 1 fully saturated rings. The summed E-state index contributed by atoms with van der Waals surface area (Å²) in [5.41, 5.74) is 0. The van der Waals surface area contributed by atoms with Crippen molar-refractivity contribution in [3.8, 4) is 0 Å². The van der Waals surface area contributed by atoms with Crippen LogP contribution < -0.4 is 5.32 Å². The van der Waals surface area contributed by atoms with E-state index in [1.807, 2.05) is 6.20 Å². The van der Waals surface area contributed by atoms with Crippen LogP contribution in [0.25, 0.3) is 0 Å². The van der Waals surface area contributed by atoms with E-state index in [2.05, 4.69) is 39.9 Å². The number of anilines is 1. The Morgan fingerprint density at radius 1 is 1.42 bits per heavy atom. The minimum absolute atomic E-state index is 0.807. The van der Waals surface area contributed by atoms with Crippen molar-refractivity contribution in [3.63, 3.8) is 0 Å². The zero-order valence-corrected chi connectivity index (χ0v) is 12.4. The van der Waals surface area contributed by atoms with E-state index in [1.54, 1.807) is 0 Å². The van der Waals surface area contributed by atoms with Crippen LogP contribution in [0.1, 0.15) is 45.4 Å². The first-order valence-corrected chi connectivity index (χ1v) is 7.76. The Kier molecular flexibility index (Phi) is 5.70. The van der Waals surface area contributed by atoms with Gasteiger partial charge in [0.05, 0.1) is 0 Å². The Hall–Kier alpha value is -1.03. The number of nitrogens with one attached hydrogen (secondary N) is 1. The fourth-order valence-corrected chi connectivity index (χ4v) is 2.86. The highest BCUT2D eigenvalue weighted by atomic mass is 15.2. The quantitative estimate of drug-likeness (QED) is 0.783. The third-order valence-electron chi connectivity index (χ3n) is 4.16. The number of rotatable bonds is 8. The first kappa shape index (κ1) is 14.4. The lowest BCUT2D eigenvalue weighted by atomic mass is 10.2. The summed E-state index contributed by atoms with van der Waals surface area (Å²) in [4.78, 5) is 6.90. The number of hydrogen-bond acceptors (Lipinski definition) is 3. The van der Waals surface area contributed by atoms with Crippen LogP contribution >= 0.6 is 0 Å². The van der Waals surface area contributed by atoms with Gasteiger partial charge in [-0.25, -0.2) is 4.98 Å². The highest BCUT2D eigenvalue weighted by Gasteiger charge is 2.18. The van der Waals surface area contributed by atoms with Crippen molar-refractivity contribution in [3.05, 3.63) is 12.4 Å². The molecule has 1 aromatic heterocycles. The Labute approximate surface area is 117 Å². The van der Waals surface area contributed by atoms with E-state index >= 15 is 0 Å². The van der Waals surface area contributed by atoms with E-state index in [0.29, 0.717) is 0 Å². The van der Waals surface area contributed by atoms with E-state index in [-0.39, 0.29) is 0 Å². The van der Waals surface area contributed by atoms with Gasteiger partial charge in [-0.3, -0.25) is 0 Å². The average molecular weight is 264 g/mol. The van der Waals surface area contributed by atoms with Crippen molar-refractivity contribution in [1.29, 1.82) is 0 Å². The van der Waals surface area contributed by atoms with Crippen molar-refractivity contribution in [2.45, 2.75) is 58.0 Å². The molecule has 1 aliphatic carbocycles. The van der Waals surface area contributed by atoms with E-state index in [9.17, 15) is 0 Å². The summed E-state index contributed by atoms with van der Waals surface area (Å²) in [6.07, 6.45) is 12.0. The van der Waals surface area contributed by atoms with Gasteiger partial charge in [-0.15, -0.1) is 0 Å². The fraction of sp³-hybridized carbons (Fsp3) is 0.800. The second-order valence-electron chi connectivity index (χ2n) is 5.64. The van der Waals surface area contributed by atoms with Gasteiger partial charge in [0.15, 0.2) is 0 Å². The van der Waals surface area contributed by atoms with Crippen LogP contribution in [-0.2, 0) is 6.54 Å². The highest BCUT2D eigenvalue weighted by Crippen LogP contribution is 2.21. The number of unbranched alkanes of at least 4 members (excludes halogenated alkanes) is 1. The second-order valence-corrected chi connectivity index (χ2v) is 5.64. The largest absolute Gasteiger partial charge is 0.354 e. The normalized spacial score (nSPS) is 16.4. The van der Waals surface area contributed by atoms with Crippen LogP contribution in [0.4, 0.5) is 5.95 Å². The zero-order valence-electron chi connectivity index (χ0n) is 12.4. The molecule has 19 heavy (non-hydrogen) atoms. The van der Waals surface area contributed by atoms with E-state index in [1.165, 1.54) is 38.5 Å². The number of hydrogen-bond donors (Lipinski definition) is 1. The summed E-state index contributed by atoms with van der Waals surface area (Å²) in [6, 6.07) is 0.807. The van der Waals surface area contributed by atoms with Crippen LogP contribution in [0.5, 0.6) is 0 Å². The predicted octanol–water partition coefficient (Wildman–Crippen LogP) is 2.97. The summed E-state index contributed by atoms with van der Waals surface area (Å²) in [7, 11) is 2.25. The van der Waals surface area contributed by atoms with Gasteiger partial charge in [0.2, 0.25) is 5.95 Å². The lowest BCUT2D eigenvalue weighted by molar-refractivity contribution is 0.254. The average Bonchev–Trinajstić information content (AvgIpc) is 3.07. The molecule has 2 rings (SSSR count). The topological polar surface area (TPSA) is 33.1 Å². The molecule has 4 heteroatoms. The van der Waals surface area contributed by atoms with Crippen molar-refractivity contribution in [1.82, 2.24) is 14.5 Å². The monoisotopic (exact) mass is 264 g/mol. The number of aryl methyl sites for hydroxylation is 1. The molecule has 0 aromatic carbocycles. The van der Waals surface area contributed by atoms with Gasteiger partial charge in [-0.1, -0.05) is 26.2 Å². The molecule has 1 heterocycles. The fourth-order valence-electron chi connectivity index (χ4n) is 2.86. The minimum atomic E-state index is 0.807. The van der Waals surface area contributed by atoms with Gasteiger partial charge >= 0.3 is 0 Å². The van der Waals surface area contributed by atoms with Crippen molar-refractivity contribution in [2.24, 2.45) is 0 Å². The van der Waals surface area contributed by atoms with E-state index in [0.717, 1.165) is 31.6 Å². The standard InChI is InChI=1S/C15H28N4/c1-3-4-11-19-13-10-17-15(19)16-9-12-18(2)14-7-5-6-8-14/h10,13-14H,3-9,11-12H2,1-2H3,(H,16,17). The van der Waals surface area contributed by atoms with Gasteiger partial charge in [0.1, 0.15) is 0 Å². The molecular formula is C15H28N4. The first-order valence-electron chi connectivity index (χ1n) is 7.76. The van der Waals surface area contributed by atoms with Crippen molar-refractivity contribution < 1.29 is 0 Å². The summed E-state index contributed by atoms with van der Waals surface area (Å²) in [5.74, 6) is 1.02. The molecule has 0 unspecified atom stereocenters. The number of likely N-dealkylation sites (N-methyl/N-ethyl adjacent to an activating group) is 1. The molecule has 0 spiro atoms. The molecule has 1 saturated carbocycles. The summed E-state index contributed by atoms with van der Waals surface area (Å²) in [6.45, 7) is 5.37. The van der Waals surface area contributed by atoms with Crippen LogP contribution in [0.15, 0.2) is 12.4 Å². The molecular weight excluding hydrogens is 236 g/mol. The molecule has 0 amide bonds. The predicted molar refractivity (Wildman–Crippen MR) is 80.5 cm³/mol. The first-order chi connectivity index (χ1) is 9.31. The molecule has 1 aliphatic rings. The lowest BCUT2D eigenvalue weighted by Crippen LogP contribution is -2.33. The van der Waals surface area contributed by atoms with Crippen LogP contribution in [0.2, 0.25) is 0 Å². The maximum absolute atomic E-state index is 4.40. The van der Waals surface area contributed by atoms with Crippen LogP contribution in [0.3, 0.4) is 0 Å². The number of nitrogens with zero attached hydrogens (tertiary/aromatic N) is 3. The van der Waals surface area contributed by atoms with E-state index in [4.69, 9.17) is 0 Å². The van der Waals surface area contributed by atoms with Crippen LogP contribution in [0, 0.1) is 0 Å². The molecule has 108 valence electrons. The molecule has 1 aromatic rings. The maximum atomic E-state index is 4.40. The van der Waals surface area contributed by atoms with Gasteiger partial charge in [0, 0.05) is 38.1 Å². The maximum Gasteiger partial charge on any atom is 0.202 e. The SMILES string of the molecule is CCCCn1ccnc1NCCN(C)C1CCCC1. The smallest absolute Gasteiger partial charge is 0.202 e. The molecule has 0 aliphatic heterocycles. The van der Waals surface area contributed by atoms with Crippen molar-refractivity contribution >= 4 is 5.95 Å². The van der Waals surface area contributed by atoms with Crippen molar-refractivity contribution in [2.75, 3.05) is 25.5 Å². The van der Waals surface area contributed by atoms with Gasteiger partial charge in [-0.2, -0.15) is 0 Å². The summed E-state index contributed by atoms with van der Waals surface area (Å²) < 4.78 is 2.22. The molecule has 0 atom stereocenters. The Morgan fingerprint density at radius 2 is 2.21 bits per heavy atom. The molecule has 0 radical (unpaired) electrons. The summed E-state index contributed by atoms with van der Waals surface area (Å²) >= 11 is 0. The Balaban J connectivity index is 1.71. The van der Waals surface area contributed by atoms with Crippen LogP contribution in [-0.4, -0.2) is 40.6 Å². The van der Waals surface area contributed by atoms with Gasteiger partial charge < -0.3 is 14.8 Å². The number of imidazole rings is 1. The molecule has 1 N–H and O–H groups in total. The third-order valence-corrected chi connectivity index (χ3v) is 4.16. The summed E-state index contributed by atoms with van der Waals surface area (Å²) in [5, 5.41) is 3.47. The third kappa shape index (κ3) is 4.23. The van der Waals surface area contributed by atoms with Gasteiger partial charge in [-0.05, 0) is 26.3 Å². The lowest BCUT2D eigenvalue weighted by Gasteiger charge is -2.24. The molecule has 4 nitrogen and oxygen atoms in total. The van der Waals surface area contributed by atoms with E-state index < -0.39 is 0 Å². The second kappa shape index (κ2) is 7.53. The minimum Gasteiger partial charge on any atom is -0.354 e. The van der Waals surface area contributed by atoms with Gasteiger partial charge in [0.25, 0.3) is 0 Å². The highest BCUT2D eigenvalue weighted by molar-refractivity contribution is 5.25. The Bertz CT molecular complexity index is 355.